The number of rotatable bonds is 7. The van der Waals surface area contributed by atoms with Gasteiger partial charge in [-0.1, -0.05) is 49.2 Å². The zero-order valence-corrected chi connectivity index (χ0v) is 13.7. The first kappa shape index (κ1) is 17.1. The molecule has 0 saturated heterocycles. The quantitative estimate of drug-likeness (QED) is 0.434. The Kier molecular flexibility index (Phi) is 6.24. The Morgan fingerprint density at radius 2 is 1.96 bits per heavy atom. The van der Waals surface area contributed by atoms with Gasteiger partial charge >= 0.3 is 5.97 Å². The minimum absolute atomic E-state index is 0.215. The summed E-state index contributed by atoms with van der Waals surface area (Å²) in [5.74, 6) is -0.238. The molecule has 4 heteroatoms. The summed E-state index contributed by atoms with van der Waals surface area (Å²) in [7, 11) is 0. The largest absolute Gasteiger partial charge is 0.494 e. The van der Waals surface area contributed by atoms with Crippen molar-refractivity contribution < 1.29 is 14.6 Å². The van der Waals surface area contributed by atoms with Crippen molar-refractivity contribution in [3.63, 3.8) is 0 Å². The van der Waals surface area contributed by atoms with Crippen LogP contribution in [0.25, 0.3) is 11.6 Å². The lowest BCUT2D eigenvalue weighted by molar-refractivity contribution is -0.130. The monoisotopic (exact) mass is 330 g/mol. The summed E-state index contributed by atoms with van der Waals surface area (Å²) in [4.78, 5) is 11.6. The van der Waals surface area contributed by atoms with Crippen molar-refractivity contribution in [1.29, 1.82) is 0 Å². The van der Waals surface area contributed by atoms with Crippen LogP contribution in [0.3, 0.4) is 0 Å². The molecule has 0 aliphatic carbocycles. The molecule has 0 spiro atoms. The Morgan fingerprint density at radius 3 is 2.61 bits per heavy atom. The maximum atomic E-state index is 11.6. The highest BCUT2D eigenvalue weighted by molar-refractivity contribution is 6.30. The van der Waals surface area contributed by atoms with Gasteiger partial charge in [0.25, 0.3) is 0 Å². The van der Waals surface area contributed by atoms with Gasteiger partial charge in [-0.3, -0.25) is 0 Å². The van der Waals surface area contributed by atoms with Crippen LogP contribution in [0.15, 0.2) is 48.5 Å². The van der Waals surface area contributed by atoms with Crippen LogP contribution in [0.1, 0.15) is 30.9 Å². The molecule has 0 heterocycles. The van der Waals surface area contributed by atoms with E-state index in [1.807, 2.05) is 24.3 Å². The third kappa shape index (κ3) is 5.15. The number of carboxylic acids is 1. The lowest BCUT2D eigenvalue weighted by Crippen LogP contribution is -2.00. The van der Waals surface area contributed by atoms with E-state index in [2.05, 4.69) is 6.92 Å². The first-order chi connectivity index (χ1) is 11.1. The summed E-state index contributed by atoms with van der Waals surface area (Å²) in [6.45, 7) is 2.76. The number of carbonyl (C=O) groups is 1. The van der Waals surface area contributed by atoms with E-state index >= 15 is 0 Å². The number of unbranched alkanes of at least 4 members (excludes halogenated alkanes) is 1. The molecule has 0 atom stereocenters. The second kappa shape index (κ2) is 8.39. The van der Waals surface area contributed by atoms with E-state index in [0.717, 1.165) is 24.2 Å². The van der Waals surface area contributed by atoms with Crippen LogP contribution in [0, 0.1) is 0 Å². The predicted octanol–water partition coefficient (Wildman–Crippen LogP) is 5.14. The number of ether oxygens (including phenoxy) is 1. The van der Waals surface area contributed by atoms with Crippen LogP contribution in [-0.4, -0.2) is 17.7 Å². The molecule has 1 N–H and O–H groups in total. The molecule has 3 nitrogen and oxygen atoms in total. The zero-order chi connectivity index (χ0) is 16.7. The standard InChI is InChI=1S/C19H19ClO3/c1-2-3-11-23-17-6-4-5-14(12-17)13-18(19(21)22)15-7-9-16(20)10-8-15/h4-10,12-13H,2-3,11H2,1H3,(H,21,22)/b18-13-. The molecule has 0 unspecified atom stereocenters. The molecule has 2 rings (SSSR count). The van der Waals surface area contributed by atoms with E-state index in [1.54, 1.807) is 30.3 Å². The van der Waals surface area contributed by atoms with Crippen molar-refractivity contribution in [2.75, 3.05) is 6.61 Å². The Hall–Kier alpha value is -2.26. The predicted molar refractivity (Wildman–Crippen MR) is 93.8 cm³/mol. The number of hydrogen-bond acceptors (Lipinski definition) is 2. The summed E-state index contributed by atoms with van der Waals surface area (Å²) in [6.07, 6.45) is 3.70. The van der Waals surface area contributed by atoms with Gasteiger partial charge in [0.15, 0.2) is 0 Å². The molecule has 0 fully saturated rings. The van der Waals surface area contributed by atoms with Crippen LogP contribution < -0.4 is 4.74 Å². The summed E-state index contributed by atoms with van der Waals surface area (Å²) < 4.78 is 5.66. The summed E-state index contributed by atoms with van der Waals surface area (Å²) in [5, 5.41) is 10.0. The first-order valence-corrected chi connectivity index (χ1v) is 7.91. The highest BCUT2D eigenvalue weighted by atomic mass is 35.5. The van der Waals surface area contributed by atoms with Crippen LogP contribution >= 0.6 is 11.6 Å². The summed E-state index contributed by atoms with van der Waals surface area (Å²) in [6, 6.07) is 14.2. The second-order valence-electron chi connectivity index (χ2n) is 5.14. The fourth-order valence-electron chi connectivity index (χ4n) is 2.09. The van der Waals surface area contributed by atoms with Gasteiger partial charge in [-0.2, -0.15) is 0 Å². The molecular weight excluding hydrogens is 312 g/mol. The molecule has 0 radical (unpaired) electrons. The number of carboxylic acid groups (broad SMARTS) is 1. The van der Waals surface area contributed by atoms with Crippen LogP contribution in [0.5, 0.6) is 5.75 Å². The van der Waals surface area contributed by atoms with E-state index in [9.17, 15) is 9.90 Å². The fraction of sp³-hybridized carbons (Fsp3) is 0.211. The lowest BCUT2D eigenvalue weighted by Gasteiger charge is -2.07. The minimum Gasteiger partial charge on any atom is -0.494 e. The van der Waals surface area contributed by atoms with E-state index in [1.165, 1.54) is 0 Å². The molecule has 23 heavy (non-hydrogen) atoms. The Labute approximate surface area is 141 Å². The third-order valence-electron chi connectivity index (χ3n) is 3.32. The number of hydrogen-bond donors (Lipinski definition) is 1. The topological polar surface area (TPSA) is 46.5 Å². The number of benzene rings is 2. The Morgan fingerprint density at radius 1 is 1.22 bits per heavy atom. The fourth-order valence-corrected chi connectivity index (χ4v) is 2.22. The number of aliphatic carboxylic acids is 1. The second-order valence-corrected chi connectivity index (χ2v) is 5.58. The molecule has 2 aromatic rings. The zero-order valence-electron chi connectivity index (χ0n) is 13.0. The lowest BCUT2D eigenvalue weighted by atomic mass is 10.0. The van der Waals surface area contributed by atoms with E-state index < -0.39 is 5.97 Å². The molecule has 0 aliphatic heterocycles. The van der Waals surface area contributed by atoms with Gasteiger partial charge in [-0.25, -0.2) is 4.79 Å². The average molecular weight is 331 g/mol. The number of halogens is 1. The van der Waals surface area contributed by atoms with Crippen LogP contribution in [-0.2, 0) is 4.79 Å². The van der Waals surface area contributed by atoms with Gasteiger partial charge in [-0.05, 0) is 47.9 Å². The summed E-state index contributed by atoms with van der Waals surface area (Å²) >= 11 is 5.85. The maximum absolute atomic E-state index is 11.6. The highest BCUT2D eigenvalue weighted by Crippen LogP contribution is 2.23. The molecular formula is C19H19ClO3. The van der Waals surface area contributed by atoms with E-state index in [0.29, 0.717) is 17.2 Å². The van der Waals surface area contributed by atoms with Crippen molar-refractivity contribution in [2.24, 2.45) is 0 Å². The van der Waals surface area contributed by atoms with Crippen LogP contribution in [0.4, 0.5) is 0 Å². The van der Waals surface area contributed by atoms with Gasteiger partial charge in [0.2, 0.25) is 0 Å². The van der Waals surface area contributed by atoms with Crippen molar-refractivity contribution in [2.45, 2.75) is 19.8 Å². The van der Waals surface area contributed by atoms with Crippen molar-refractivity contribution in [3.8, 4) is 5.75 Å². The maximum Gasteiger partial charge on any atom is 0.336 e. The molecule has 0 aliphatic rings. The van der Waals surface area contributed by atoms with Gasteiger partial charge in [-0.15, -0.1) is 0 Å². The molecule has 0 amide bonds. The SMILES string of the molecule is CCCCOc1cccc(/C=C(\C(=O)O)c2ccc(Cl)cc2)c1. The Balaban J connectivity index is 2.27. The third-order valence-corrected chi connectivity index (χ3v) is 3.57. The molecule has 120 valence electrons. The van der Waals surface area contributed by atoms with Gasteiger partial charge in [0.1, 0.15) is 5.75 Å². The highest BCUT2D eigenvalue weighted by Gasteiger charge is 2.10. The van der Waals surface area contributed by atoms with Gasteiger partial charge in [0.05, 0.1) is 12.2 Å². The van der Waals surface area contributed by atoms with E-state index in [-0.39, 0.29) is 5.57 Å². The summed E-state index contributed by atoms with van der Waals surface area (Å²) in [5.41, 5.74) is 1.61. The molecule has 0 aromatic heterocycles. The van der Waals surface area contributed by atoms with Crippen molar-refractivity contribution in [3.05, 3.63) is 64.7 Å². The molecule has 0 saturated carbocycles. The normalized spacial score (nSPS) is 11.3. The van der Waals surface area contributed by atoms with Gasteiger partial charge in [0, 0.05) is 5.02 Å². The van der Waals surface area contributed by atoms with Gasteiger partial charge < -0.3 is 9.84 Å². The molecule has 0 bridgehead atoms. The van der Waals surface area contributed by atoms with E-state index in [4.69, 9.17) is 16.3 Å². The molecule has 2 aromatic carbocycles. The minimum atomic E-state index is -0.982. The average Bonchev–Trinajstić information content (AvgIpc) is 2.54. The van der Waals surface area contributed by atoms with Crippen LogP contribution in [0.2, 0.25) is 5.02 Å². The Bertz CT molecular complexity index is 690. The van der Waals surface area contributed by atoms with Crippen molar-refractivity contribution in [1.82, 2.24) is 0 Å². The smallest absolute Gasteiger partial charge is 0.336 e. The van der Waals surface area contributed by atoms with Crippen molar-refractivity contribution >= 4 is 29.2 Å². The first-order valence-electron chi connectivity index (χ1n) is 7.54.